The molecule has 0 amide bonds. The highest BCUT2D eigenvalue weighted by atomic mass is 16.5. The van der Waals surface area contributed by atoms with Crippen LogP contribution in [0.2, 0.25) is 0 Å². The van der Waals surface area contributed by atoms with Gasteiger partial charge in [-0.25, -0.2) is 0 Å². The molecule has 1 N–H and O–H groups in total. The Kier molecular flexibility index (Phi) is 9.09. The number of ether oxygens (including phenoxy) is 1. The zero-order chi connectivity index (χ0) is 13.3. The van der Waals surface area contributed by atoms with Crippen molar-refractivity contribution in [3.63, 3.8) is 0 Å². The van der Waals surface area contributed by atoms with Crippen molar-refractivity contribution in [1.82, 2.24) is 4.90 Å². The van der Waals surface area contributed by atoms with Gasteiger partial charge in [0.1, 0.15) is 6.04 Å². The number of nitrogens with zero attached hydrogens (tertiary/aromatic N) is 1. The Bertz CT molecular complexity index is 207. The number of methoxy groups -OCH3 is 1. The zero-order valence-corrected chi connectivity index (χ0v) is 11.6. The number of esters is 1. The molecule has 1 unspecified atom stereocenters. The summed E-state index contributed by atoms with van der Waals surface area (Å²) in [6.45, 7) is 7.14. The van der Waals surface area contributed by atoms with E-state index in [0.717, 1.165) is 25.8 Å². The fraction of sp³-hybridized carbons (Fsp3) is 0.923. The predicted octanol–water partition coefficient (Wildman–Crippen LogP) is 1.81. The number of carbonyl (C=O) groups is 1. The lowest BCUT2D eigenvalue weighted by Crippen LogP contribution is -2.46. The molecule has 0 rings (SSSR count). The van der Waals surface area contributed by atoms with Crippen LogP contribution in [0.25, 0.3) is 0 Å². The van der Waals surface area contributed by atoms with E-state index in [0.29, 0.717) is 6.42 Å². The molecule has 0 saturated heterocycles. The summed E-state index contributed by atoms with van der Waals surface area (Å²) in [4.78, 5) is 13.9. The first-order chi connectivity index (χ1) is 8.08. The second kappa shape index (κ2) is 9.42. The van der Waals surface area contributed by atoms with Crippen LogP contribution < -0.4 is 0 Å². The van der Waals surface area contributed by atoms with Crippen molar-refractivity contribution < 1.29 is 14.6 Å². The fourth-order valence-electron chi connectivity index (χ4n) is 1.98. The molecule has 17 heavy (non-hydrogen) atoms. The van der Waals surface area contributed by atoms with E-state index in [9.17, 15) is 4.79 Å². The summed E-state index contributed by atoms with van der Waals surface area (Å²) in [6, 6.07) is 0.106. The Hall–Kier alpha value is -0.610. The van der Waals surface area contributed by atoms with E-state index in [2.05, 4.69) is 25.7 Å². The predicted molar refractivity (Wildman–Crippen MR) is 68.9 cm³/mol. The minimum Gasteiger partial charge on any atom is -0.468 e. The van der Waals surface area contributed by atoms with Gasteiger partial charge in [-0.05, 0) is 26.7 Å². The van der Waals surface area contributed by atoms with Crippen LogP contribution in [-0.4, -0.2) is 48.3 Å². The highest BCUT2D eigenvalue weighted by Gasteiger charge is 2.27. The second-order valence-electron chi connectivity index (χ2n) is 4.59. The number of hydrogen-bond acceptors (Lipinski definition) is 4. The molecule has 0 spiro atoms. The number of aliphatic hydroxyl groups excluding tert-OH is 1. The van der Waals surface area contributed by atoms with Crippen molar-refractivity contribution in [2.45, 2.75) is 58.5 Å². The first-order valence-electron chi connectivity index (χ1n) is 6.52. The minimum atomic E-state index is -0.175. The van der Waals surface area contributed by atoms with Gasteiger partial charge in [-0.3, -0.25) is 9.69 Å². The summed E-state index contributed by atoms with van der Waals surface area (Å²) in [7, 11) is 1.44. The molecule has 0 aliphatic rings. The van der Waals surface area contributed by atoms with Gasteiger partial charge in [0.05, 0.1) is 7.11 Å². The van der Waals surface area contributed by atoms with Crippen molar-refractivity contribution >= 4 is 5.97 Å². The smallest absolute Gasteiger partial charge is 0.323 e. The molecular formula is C13H27NO3. The standard InChI is InChI=1S/C13H27NO3/c1-5-6-8-12(13(16)17-4)14(11(2)3)9-7-10-15/h11-12,15H,5-10H2,1-4H3. The van der Waals surface area contributed by atoms with Gasteiger partial charge in [0.15, 0.2) is 0 Å². The lowest BCUT2D eigenvalue weighted by Gasteiger charge is -2.33. The molecular weight excluding hydrogens is 218 g/mol. The van der Waals surface area contributed by atoms with Crippen LogP contribution in [0.5, 0.6) is 0 Å². The Labute approximate surface area is 105 Å². The SMILES string of the molecule is CCCCC(C(=O)OC)N(CCCO)C(C)C. The van der Waals surface area contributed by atoms with Gasteiger partial charge in [0.25, 0.3) is 0 Å². The molecule has 102 valence electrons. The molecule has 1 atom stereocenters. The Morgan fingerprint density at radius 3 is 2.41 bits per heavy atom. The number of unbranched alkanes of at least 4 members (excludes halogenated alkanes) is 1. The maximum Gasteiger partial charge on any atom is 0.323 e. The monoisotopic (exact) mass is 245 g/mol. The van der Waals surface area contributed by atoms with Crippen LogP contribution in [-0.2, 0) is 9.53 Å². The van der Waals surface area contributed by atoms with Crippen LogP contribution in [0.1, 0.15) is 46.5 Å². The molecule has 0 heterocycles. The quantitative estimate of drug-likeness (QED) is 0.629. The van der Waals surface area contributed by atoms with E-state index in [4.69, 9.17) is 9.84 Å². The topological polar surface area (TPSA) is 49.8 Å². The van der Waals surface area contributed by atoms with Crippen molar-refractivity contribution in [2.75, 3.05) is 20.3 Å². The van der Waals surface area contributed by atoms with E-state index in [1.54, 1.807) is 0 Å². The molecule has 4 heteroatoms. The van der Waals surface area contributed by atoms with E-state index in [-0.39, 0.29) is 24.7 Å². The van der Waals surface area contributed by atoms with E-state index < -0.39 is 0 Å². The van der Waals surface area contributed by atoms with Crippen LogP contribution in [0.15, 0.2) is 0 Å². The molecule has 0 aromatic carbocycles. The molecule has 0 aliphatic heterocycles. The summed E-state index contributed by atoms with van der Waals surface area (Å²) in [5, 5.41) is 8.91. The van der Waals surface area contributed by atoms with Crippen molar-refractivity contribution in [3.05, 3.63) is 0 Å². The third kappa shape index (κ3) is 6.03. The lowest BCUT2D eigenvalue weighted by atomic mass is 10.1. The molecule has 0 aliphatic carbocycles. The van der Waals surface area contributed by atoms with E-state index >= 15 is 0 Å². The largest absolute Gasteiger partial charge is 0.468 e. The van der Waals surface area contributed by atoms with Gasteiger partial charge in [-0.15, -0.1) is 0 Å². The van der Waals surface area contributed by atoms with Gasteiger partial charge in [-0.1, -0.05) is 19.8 Å². The summed E-state index contributed by atoms with van der Waals surface area (Å²) in [5.41, 5.74) is 0. The van der Waals surface area contributed by atoms with Crippen LogP contribution in [0.4, 0.5) is 0 Å². The highest BCUT2D eigenvalue weighted by Crippen LogP contribution is 2.14. The molecule has 0 radical (unpaired) electrons. The summed E-state index contributed by atoms with van der Waals surface area (Å²) < 4.78 is 4.88. The molecule has 4 nitrogen and oxygen atoms in total. The lowest BCUT2D eigenvalue weighted by molar-refractivity contribution is -0.148. The third-order valence-corrected chi connectivity index (χ3v) is 2.94. The second-order valence-corrected chi connectivity index (χ2v) is 4.59. The number of rotatable bonds is 9. The maximum atomic E-state index is 11.8. The van der Waals surface area contributed by atoms with Gasteiger partial charge >= 0.3 is 5.97 Å². The van der Waals surface area contributed by atoms with Crippen LogP contribution >= 0.6 is 0 Å². The van der Waals surface area contributed by atoms with Gasteiger partial charge in [0.2, 0.25) is 0 Å². The maximum absolute atomic E-state index is 11.8. The average molecular weight is 245 g/mol. The fourth-order valence-corrected chi connectivity index (χ4v) is 1.98. The van der Waals surface area contributed by atoms with Gasteiger partial charge < -0.3 is 9.84 Å². The Morgan fingerprint density at radius 1 is 1.35 bits per heavy atom. The summed E-state index contributed by atoms with van der Waals surface area (Å²) in [5.74, 6) is -0.162. The number of aliphatic hydroxyl groups is 1. The normalized spacial score (nSPS) is 13.1. The van der Waals surface area contributed by atoms with Crippen LogP contribution in [0.3, 0.4) is 0 Å². The average Bonchev–Trinajstić information content (AvgIpc) is 2.32. The molecule has 0 aromatic rings. The van der Waals surface area contributed by atoms with E-state index in [1.807, 2.05) is 0 Å². The molecule has 0 saturated carbocycles. The first kappa shape index (κ1) is 16.4. The van der Waals surface area contributed by atoms with Gasteiger partial charge in [-0.2, -0.15) is 0 Å². The summed E-state index contributed by atoms with van der Waals surface area (Å²) in [6.07, 6.45) is 3.60. The first-order valence-corrected chi connectivity index (χ1v) is 6.52. The molecule has 0 bridgehead atoms. The van der Waals surface area contributed by atoms with Crippen LogP contribution in [0, 0.1) is 0 Å². The van der Waals surface area contributed by atoms with Crippen molar-refractivity contribution in [2.24, 2.45) is 0 Å². The highest BCUT2D eigenvalue weighted by molar-refractivity contribution is 5.75. The minimum absolute atomic E-state index is 0.158. The number of hydrogen-bond donors (Lipinski definition) is 1. The Morgan fingerprint density at radius 2 is 2.00 bits per heavy atom. The van der Waals surface area contributed by atoms with Crippen molar-refractivity contribution in [1.29, 1.82) is 0 Å². The number of carbonyl (C=O) groups excluding carboxylic acids is 1. The van der Waals surface area contributed by atoms with Gasteiger partial charge in [0, 0.05) is 19.2 Å². The Balaban J connectivity index is 4.60. The van der Waals surface area contributed by atoms with E-state index in [1.165, 1.54) is 7.11 Å². The molecule has 0 fully saturated rings. The summed E-state index contributed by atoms with van der Waals surface area (Å²) >= 11 is 0. The van der Waals surface area contributed by atoms with Crippen molar-refractivity contribution in [3.8, 4) is 0 Å². The molecule has 0 aromatic heterocycles. The zero-order valence-electron chi connectivity index (χ0n) is 11.6. The third-order valence-electron chi connectivity index (χ3n) is 2.94.